The van der Waals surface area contributed by atoms with E-state index >= 15 is 0 Å². The zero-order valence-electron chi connectivity index (χ0n) is 10.3. The van der Waals surface area contributed by atoms with E-state index in [1.807, 2.05) is 30.0 Å². The van der Waals surface area contributed by atoms with Gasteiger partial charge in [0.15, 0.2) is 0 Å². The summed E-state index contributed by atoms with van der Waals surface area (Å²) in [5.74, 6) is 0.816. The standard InChI is InChI=1S/C15H14BrNOS/c16-13-6-5-11(17)8-14(13)18-9-12-7-10-3-1-2-4-15(10)19-12/h1-6,8,12H,7,9,17H2. The monoisotopic (exact) mass is 335 g/mol. The Balaban J connectivity index is 1.64. The lowest BCUT2D eigenvalue weighted by Crippen LogP contribution is -2.13. The molecular weight excluding hydrogens is 322 g/mol. The molecule has 0 saturated carbocycles. The Labute approximate surface area is 125 Å². The highest BCUT2D eigenvalue weighted by Gasteiger charge is 2.22. The van der Waals surface area contributed by atoms with Crippen LogP contribution in [0.1, 0.15) is 5.56 Å². The molecule has 2 aromatic rings. The fourth-order valence-electron chi connectivity index (χ4n) is 2.16. The minimum Gasteiger partial charge on any atom is -0.491 e. The molecule has 0 aromatic heterocycles. The van der Waals surface area contributed by atoms with Crippen molar-refractivity contribution in [2.45, 2.75) is 16.6 Å². The molecule has 0 amide bonds. The highest BCUT2D eigenvalue weighted by Crippen LogP contribution is 2.37. The number of benzene rings is 2. The fraction of sp³-hybridized carbons (Fsp3) is 0.200. The predicted octanol–water partition coefficient (Wildman–Crippen LogP) is 4.13. The second-order valence-electron chi connectivity index (χ2n) is 4.55. The van der Waals surface area contributed by atoms with E-state index in [1.54, 1.807) is 0 Å². The van der Waals surface area contributed by atoms with Crippen molar-refractivity contribution in [2.24, 2.45) is 0 Å². The summed E-state index contributed by atoms with van der Waals surface area (Å²) >= 11 is 5.37. The van der Waals surface area contributed by atoms with Gasteiger partial charge in [-0.1, -0.05) is 18.2 Å². The van der Waals surface area contributed by atoms with Crippen LogP contribution in [0.5, 0.6) is 5.75 Å². The lowest BCUT2D eigenvalue weighted by Gasteiger charge is -2.12. The summed E-state index contributed by atoms with van der Waals surface area (Å²) in [4.78, 5) is 1.38. The fourth-order valence-corrected chi connectivity index (χ4v) is 3.74. The number of rotatable bonds is 3. The molecule has 0 spiro atoms. The minimum absolute atomic E-state index is 0.478. The van der Waals surface area contributed by atoms with Crippen LogP contribution in [0, 0.1) is 0 Å². The molecule has 1 unspecified atom stereocenters. The lowest BCUT2D eigenvalue weighted by molar-refractivity contribution is 0.316. The van der Waals surface area contributed by atoms with Crippen molar-refractivity contribution in [2.75, 3.05) is 12.3 Å². The SMILES string of the molecule is Nc1ccc(Br)c(OCC2Cc3ccccc3S2)c1. The average molecular weight is 336 g/mol. The van der Waals surface area contributed by atoms with E-state index in [0.29, 0.717) is 11.9 Å². The second kappa shape index (κ2) is 5.47. The van der Waals surface area contributed by atoms with Crippen LogP contribution in [-0.4, -0.2) is 11.9 Å². The minimum atomic E-state index is 0.478. The van der Waals surface area contributed by atoms with Gasteiger partial charge in [0.05, 0.1) is 4.47 Å². The first-order valence-corrected chi connectivity index (χ1v) is 7.82. The van der Waals surface area contributed by atoms with Crippen LogP contribution in [0.4, 0.5) is 5.69 Å². The molecular formula is C15H14BrNOS. The van der Waals surface area contributed by atoms with Crippen molar-refractivity contribution in [1.29, 1.82) is 0 Å². The Morgan fingerprint density at radius 2 is 2.11 bits per heavy atom. The Bertz CT molecular complexity index is 577. The first kappa shape index (κ1) is 12.9. The van der Waals surface area contributed by atoms with Gasteiger partial charge in [0, 0.05) is 21.9 Å². The quantitative estimate of drug-likeness (QED) is 0.856. The van der Waals surface area contributed by atoms with Gasteiger partial charge in [-0.2, -0.15) is 0 Å². The number of hydrogen-bond donors (Lipinski definition) is 1. The van der Waals surface area contributed by atoms with Gasteiger partial charge in [-0.25, -0.2) is 0 Å². The first-order chi connectivity index (χ1) is 9.22. The number of thioether (sulfide) groups is 1. The van der Waals surface area contributed by atoms with E-state index in [0.717, 1.165) is 22.3 Å². The van der Waals surface area contributed by atoms with Crippen LogP contribution in [0.15, 0.2) is 51.8 Å². The Morgan fingerprint density at radius 1 is 1.26 bits per heavy atom. The van der Waals surface area contributed by atoms with Crippen molar-refractivity contribution >= 4 is 33.4 Å². The number of halogens is 1. The summed E-state index contributed by atoms with van der Waals surface area (Å²) in [6, 6.07) is 14.2. The maximum atomic E-state index is 5.89. The molecule has 0 aliphatic carbocycles. The third kappa shape index (κ3) is 2.90. The lowest BCUT2D eigenvalue weighted by atomic mass is 10.1. The zero-order valence-corrected chi connectivity index (χ0v) is 12.7. The molecule has 19 heavy (non-hydrogen) atoms. The van der Waals surface area contributed by atoms with Crippen molar-refractivity contribution < 1.29 is 4.74 Å². The molecule has 2 nitrogen and oxygen atoms in total. The second-order valence-corrected chi connectivity index (χ2v) is 6.75. The van der Waals surface area contributed by atoms with Crippen LogP contribution in [0.2, 0.25) is 0 Å². The van der Waals surface area contributed by atoms with E-state index < -0.39 is 0 Å². The van der Waals surface area contributed by atoms with Crippen LogP contribution in [0.25, 0.3) is 0 Å². The van der Waals surface area contributed by atoms with Gasteiger partial charge in [-0.15, -0.1) is 11.8 Å². The zero-order chi connectivity index (χ0) is 13.2. The van der Waals surface area contributed by atoms with Gasteiger partial charge in [0.1, 0.15) is 12.4 Å². The van der Waals surface area contributed by atoms with Crippen molar-refractivity contribution in [3.63, 3.8) is 0 Å². The maximum Gasteiger partial charge on any atom is 0.135 e. The third-order valence-corrected chi connectivity index (χ3v) is 5.04. The average Bonchev–Trinajstić information content (AvgIpc) is 2.82. The molecule has 1 heterocycles. The number of nitrogens with two attached hydrogens (primary N) is 1. The number of fused-ring (bicyclic) bond motifs is 1. The first-order valence-electron chi connectivity index (χ1n) is 6.15. The van der Waals surface area contributed by atoms with E-state index in [-0.39, 0.29) is 0 Å². The molecule has 1 atom stereocenters. The predicted molar refractivity (Wildman–Crippen MR) is 83.8 cm³/mol. The number of hydrogen-bond acceptors (Lipinski definition) is 3. The summed E-state index contributed by atoms with van der Waals surface area (Å²) < 4.78 is 6.83. The van der Waals surface area contributed by atoms with Gasteiger partial charge in [0.2, 0.25) is 0 Å². The topological polar surface area (TPSA) is 35.2 Å². The normalized spacial score (nSPS) is 17.2. The molecule has 98 valence electrons. The Morgan fingerprint density at radius 3 is 2.95 bits per heavy atom. The summed E-state index contributed by atoms with van der Waals surface area (Å²) in [6.45, 7) is 0.696. The van der Waals surface area contributed by atoms with Gasteiger partial charge >= 0.3 is 0 Å². The highest BCUT2D eigenvalue weighted by molar-refractivity contribution is 9.10. The Hall–Kier alpha value is -1.13. The summed E-state index contributed by atoms with van der Waals surface area (Å²) in [5.41, 5.74) is 7.92. The Kier molecular flexibility index (Phi) is 3.71. The molecule has 3 rings (SSSR count). The highest BCUT2D eigenvalue weighted by atomic mass is 79.9. The van der Waals surface area contributed by atoms with Crippen LogP contribution >= 0.6 is 27.7 Å². The van der Waals surface area contributed by atoms with Gasteiger partial charge in [-0.3, -0.25) is 0 Å². The van der Waals surface area contributed by atoms with Gasteiger partial charge in [-0.05, 0) is 46.1 Å². The maximum absolute atomic E-state index is 5.89. The third-order valence-electron chi connectivity index (χ3n) is 3.09. The van der Waals surface area contributed by atoms with Crippen LogP contribution in [-0.2, 0) is 6.42 Å². The van der Waals surface area contributed by atoms with Crippen LogP contribution in [0.3, 0.4) is 0 Å². The molecule has 2 aromatic carbocycles. The van der Waals surface area contributed by atoms with Crippen molar-refractivity contribution in [1.82, 2.24) is 0 Å². The largest absolute Gasteiger partial charge is 0.491 e. The number of ether oxygens (including phenoxy) is 1. The van der Waals surface area contributed by atoms with Gasteiger partial charge in [0.25, 0.3) is 0 Å². The van der Waals surface area contributed by atoms with E-state index in [1.165, 1.54) is 10.5 Å². The summed E-state index contributed by atoms with van der Waals surface area (Å²) in [6.07, 6.45) is 1.07. The molecule has 1 aliphatic heterocycles. The molecule has 2 N–H and O–H groups in total. The number of anilines is 1. The van der Waals surface area contributed by atoms with Gasteiger partial charge < -0.3 is 10.5 Å². The molecule has 1 aliphatic rings. The van der Waals surface area contributed by atoms with E-state index in [9.17, 15) is 0 Å². The summed E-state index contributed by atoms with van der Waals surface area (Å²) in [7, 11) is 0. The molecule has 4 heteroatoms. The van der Waals surface area contributed by atoms with Crippen LogP contribution < -0.4 is 10.5 Å². The van der Waals surface area contributed by atoms with E-state index in [2.05, 4.69) is 40.2 Å². The molecule has 0 bridgehead atoms. The molecule has 0 radical (unpaired) electrons. The van der Waals surface area contributed by atoms with E-state index in [4.69, 9.17) is 10.5 Å². The molecule has 0 fully saturated rings. The number of nitrogen functional groups attached to an aromatic ring is 1. The summed E-state index contributed by atoms with van der Waals surface area (Å²) in [5, 5.41) is 0.478. The van der Waals surface area contributed by atoms with Crippen molar-refractivity contribution in [3.05, 3.63) is 52.5 Å². The smallest absolute Gasteiger partial charge is 0.135 e. The molecule has 0 saturated heterocycles. The van der Waals surface area contributed by atoms with Crippen molar-refractivity contribution in [3.8, 4) is 5.75 Å².